The first-order valence-corrected chi connectivity index (χ1v) is 9.66. The summed E-state index contributed by atoms with van der Waals surface area (Å²) in [4.78, 5) is 14.9. The van der Waals surface area contributed by atoms with Crippen molar-refractivity contribution in [1.29, 1.82) is 0 Å². The average Bonchev–Trinajstić information content (AvgIpc) is 2.64. The standard InChI is InChI=1S/C22H29N3O2/c1-16(2)25-13-11-18(12-14-25)23-22(26)24-20-9-4-5-10-21(20)27-19-8-6-7-17(3)15-19/h4-10,15-16,18H,11-14H2,1-3H3,(H2,23,24,26). The maximum Gasteiger partial charge on any atom is 0.319 e. The number of aryl methyl sites for hydroxylation is 1. The van der Waals surface area contributed by atoms with E-state index in [-0.39, 0.29) is 12.1 Å². The molecule has 1 aliphatic heterocycles. The molecule has 5 heteroatoms. The first-order valence-electron chi connectivity index (χ1n) is 9.66. The third-order valence-electron chi connectivity index (χ3n) is 4.95. The summed E-state index contributed by atoms with van der Waals surface area (Å²) in [6.45, 7) is 8.50. The van der Waals surface area contributed by atoms with Crippen molar-refractivity contribution in [3.05, 3.63) is 54.1 Å². The van der Waals surface area contributed by atoms with Crippen molar-refractivity contribution in [1.82, 2.24) is 10.2 Å². The number of piperidine rings is 1. The highest BCUT2D eigenvalue weighted by atomic mass is 16.5. The summed E-state index contributed by atoms with van der Waals surface area (Å²) >= 11 is 0. The minimum atomic E-state index is -0.182. The molecule has 3 rings (SSSR count). The van der Waals surface area contributed by atoms with Gasteiger partial charge < -0.3 is 20.3 Å². The normalized spacial score (nSPS) is 15.6. The number of likely N-dealkylation sites (tertiary alicyclic amines) is 1. The van der Waals surface area contributed by atoms with E-state index in [0.29, 0.717) is 17.5 Å². The van der Waals surface area contributed by atoms with E-state index in [0.717, 1.165) is 37.2 Å². The van der Waals surface area contributed by atoms with Gasteiger partial charge in [0.15, 0.2) is 5.75 Å². The zero-order chi connectivity index (χ0) is 19.2. The summed E-state index contributed by atoms with van der Waals surface area (Å²) in [5.41, 5.74) is 1.79. The SMILES string of the molecule is Cc1cccc(Oc2ccccc2NC(=O)NC2CCN(C(C)C)CC2)c1. The fourth-order valence-electron chi connectivity index (χ4n) is 3.37. The van der Waals surface area contributed by atoms with Crippen molar-refractivity contribution in [2.75, 3.05) is 18.4 Å². The van der Waals surface area contributed by atoms with Gasteiger partial charge in [0.05, 0.1) is 5.69 Å². The number of nitrogens with one attached hydrogen (secondary N) is 2. The molecule has 0 aliphatic carbocycles. The van der Waals surface area contributed by atoms with Crippen molar-refractivity contribution >= 4 is 11.7 Å². The molecular formula is C22H29N3O2. The first-order chi connectivity index (χ1) is 13.0. The Morgan fingerprint density at radius 2 is 1.85 bits per heavy atom. The van der Waals surface area contributed by atoms with E-state index in [1.807, 2.05) is 55.5 Å². The van der Waals surface area contributed by atoms with Crippen LogP contribution in [0.25, 0.3) is 0 Å². The third-order valence-corrected chi connectivity index (χ3v) is 4.95. The molecule has 2 aromatic rings. The highest BCUT2D eigenvalue weighted by Gasteiger charge is 2.22. The van der Waals surface area contributed by atoms with Crippen LogP contribution in [-0.2, 0) is 0 Å². The largest absolute Gasteiger partial charge is 0.455 e. The fourth-order valence-corrected chi connectivity index (χ4v) is 3.37. The zero-order valence-corrected chi connectivity index (χ0v) is 16.4. The molecule has 1 saturated heterocycles. The van der Waals surface area contributed by atoms with Crippen LogP contribution >= 0.6 is 0 Å². The number of anilines is 1. The maximum atomic E-state index is 12.5. The smallest absolute Gasteiger partial charge is 0.319 e. The number of rotatable bonds is 5. The maximum absolute atomic E-state index is 12.5. The van der Waals surface area contributed by atoms with Gasteiger partial charge in [0.25, 0.3) is 0 Å². The molecule has 2 amide bonds. The predicted octanol–water partition coefficient (Wildman–Crippen LogP) is 4.78. The molecule has 1 fully saturated rings. The Hall–Kier alpha value is -2.53. The summed E-state index contributed by atoms with van der Waals surface area (Å²) in [5, 5.41) is 6.03. The summed E-state index contributed by atoms with van der Waals surface area (Å²) in [7, 11) is 0. The Morgan fingerprint density at radius 3 is 2.56 bits per heavy atom. The van der Waals surface area contributed by atoms with E-state index in [1.165, 1.54) is 0 Å². The lowest BCUT2D eigenvalue weighted by molar-refractivity contribution is 0.163. The molecule has 0 unspecified atom stereocenters. The molecule has 5 nitrogen and oxygen atoms in total. The zero-order valence-electron chi connectivity index (χ0n) is 16.4. The van der Waals surface area contributed by atoms with Gasteiger partial charge in [0.2, 0.25) is 0 Å². The van der Waals surface area contributed by atoms with Gasteiger partial charge in [-0.05, 0) is 63.4 Å². The molecule has 1 heterocycles. The molecule has 0 spiro atoms. The minimum Gasteiger partial charge on any atom is -0.455 e. The van der Waals surface area contributed by atoms with Crippen molar-refractivity contribution in [3.8, 4) is 11.5 Å². The molecule has 2 aromatic carbocycles. The summed E-state index contributed by atoms with van der Waals surface area (Å²) < 4.78 is 5.97. The minimum absolute atomic E-state index is 0.182. The number of para-hydroxylation sites is 2. The van der Waals surface area contributed by atoms with Gasteiger partial charge in [-0.3, -0.25) is 0 Å². The Morgan fingerprint density at radius 1 is 1.11 bits per heavy atom. The number of hydrogen-bond donors (Lipinski definition) is 2. The number of hydrogen-bond acceptors (Lipinski definition) is 3. The summed E-state index contributed by atoms with van der Waals surface area (Å²) in [6, 6.07) is 16.0. The number of carbonyl (C=O) groups is 1. The molecular weight excluding hydrogens is 338 g/mol. The Balaban J connectivity index is 1.58. The molecule has 0 radical (unpaired) electrons. The topological polar surface area (TPSA) is 53.6 Å². The average molecular weight is 367 g/mol. The fraction of sp³-hybridized carbons (Fsp3) is 0.409. The van der Waals surface area contributed by atoms with Crippen LogP contribution in [0, 0.1) is 6.92 Å². The number of benzene rings is 2. The second-order valence-corrected chi connectivity index (χ2v) is 7.42. The second kappa shape index (κ2) is 8.91. The first kappa shape index (κ1) is 19.2. The number of amides is 2. The molecule has 2 N–H and O–H groups in total. The summed E-state index contributed by atoms with van der Waals surface area (Å²) in [6.07, 6.45) is 1.96. The van der Waals surface area contributed by atoms with Crippen LogP contribution in [0.2, 0.25) is 0 Å². The molecule has 0 bridgehead atoms. The van der Waals surface area contributed by atoms with Crippen LogP contribution in [0.4, 0.5) is 10.5 Å². The van der Waals surface area contributed by atoms with Gasteiger partial charge >= 0.3 is 6.03 Å². The predicted molar refractivity (Wildman–Crippen MR) is 110 cm³/mol. The van der Waals surface area contributed by atoms with Gasteiger partial charge in [0.1, 0.15) is 5.75 Å². The Labute approximate surface area is 161 Å². The van der Waals surface area contributed by atoms with E-state index in [1.54, 1.807) is 0 Å². The van der Waals surface area contributed by atoms with E-state index in [9.17, 15) is 4.79 Å². The highest BCUT2D eigenvalue weighted by Crippen LogP contribution is 2.29. The van der Waals surface area contributed by atoms with Gasteiger partial charge in [-0.1, -0.05) is 24.3 Å². The number of ether oxygens (including phenoxy) is 1. The van der Waals surface area contributed by atoms with Crippen molar-refractivity contribution in [3.63, 3.8) is 0 Å². The van der Waals surface area contributed by atoms with E-state index in [2.05, 4.69) is 29.4 Å². The Bertz CT molecular complexity index is 768. The number of nitrogens with zero attached hydrogens (tertiary/aromatic N) is 1. The molecule has 0 aromatic heterocycles. The van der Waals surface area contributed by atoms with Crippen molar-refractivity contribution < 1.29 is 9.53 Å². The molecule has 0 atom stereocenters. The van der Waals surface area contributed by atoms with Crippen molar-refractivity contribution in [2.24, 2.45) is 0 Å². The molecule has 1 aliphatic rings. The summed E-state index contributed by atoms with van der Waals surface area (Å²) in [5.74, 6) is 1.39. The Kier molecular flexibility index (Phi) is 6.35. The number of carbonyl (C=O) groups excluding carboxylic acids is 1. The molecule has 144 valence electrons. The van der Waals surface area contributed by atoms with Crippen molar-refractivity contribution in [2.45, 2.75) is 45.7 Å². The third kappa shape index (κ3) is 5.47. The highest BCUT2D eigenvalue weighted by molar-refractivity contribution is 5.91. The van der Waals surface area contributed by atoms with Gasteiger partial charge in [0, 0.05) is 25.2 Å². The van der Waals surface area contributed by atoms with Gasteiger partial charge in [-0.25, -0.2) is 4.79 Å². The van der Waals surface area contributed by atoms with Gasteiger partial charge in [-0.15, -0.1) is 0 Å². The monoisotopic (exact) mass is 367 g/mol. The van der Waals surface area contributed by atoms with E-state index in [4.69, 9.17) is 4.74 Å². The van der Waals surface area contributed by atoms with Gasteiger partial charge in [-0.2, -0.15) is 0 Å². The van der Waals surface area contributed by atoms with Crippen LogP contribution in [-0.4, -0.2) is 36.1 Å². The van der Waals surface area contributed by atoms with Crippen LogP contribution in [0.3, 0.4) is 0 Å². The molecule has 0 saturated carbocycles. The van der Waals surface area contributed by atoms with Crippen LogP contribution < -0.4 is 15.4 Å². The quantitative estimate of drug-likeness (QED) is 0.799. The van der Waals surface area contributed by atoms with Crippen LogP contribution in [0.15, 0.2) is 48.5 Å². The lowest BCUT2D eigenvalue weighted by atomic mass is 10.0. The number of urea groups is 1. The second-order valence-electron chi connectivity index (χ2n) is 7.42. The lowest BCUT2D eigenvalue weighted by Gasteiger charge is -2.34. The van der Waals surface area contributed by atoms with Crippen LogP contribution in [0.5, 0.6) is 11.5 Å². The lowest BCUT2D eigenvalue weighted by Crippen LogP contribution is -2.47. The van der Waals surface area contributed by atoms with E-state index >= 15 is 0 Å². The van der Waals surface area contributed by atoms with E-state index < -0.39 is 0 Å². The molecule has 27 heavy (non-hydrogen) atoms. The van der Waals surface area contributed by atoms with Crippen LogP contribution in [0.1, 0.15) is 32.3 Å².